The van der Waals surface area contributed by atoms with Gasteiger partial charge in [-0.25, -0.2) is 4.98 Å². The van der Waals surface area contributed by atoms with Crippen molar-refractivity contribution < 1.29 is 18.3 Å². The lowest BCUT2D eigenvalue weighted by Crippen LogP contribution is -2.10. The second kappa shape index (κ2) is 5.62. The first-order valence-electron chi connectivity index (χ1n) is 6.13. The Morgan fingerprint density at radius 3 is 2.45 bits per heavy atom. The molecule has 0 aliphatic rings. The summed E-state index contributed by atoms with van der Waals surface area (Å²) >= 11 is 0. The molecule has 1 aromatic heterocycles. The molecule has 0 amide bonds. The van der Waals surface area contributed by atoms with E-state index in [2.05, 4.69) is 10.1 Å². The van der Waals surface area contributed by atoms with E-state index in [1.807, 2.05) is 6.92 Å². The highest BCUT2D eigenvalue weighted by Crippen LogP contribution is 2.30. The number of hydrogen-bond donors (Lipinski definition) is 1. The first-order chi connectivity index (χ1) is 9.41. The zero-order valence-electron chi connectivity index (χ0n) is 10.8. The van der Waals surface area contributed by atoms with Gasteiger partial charge in [0.05, 0.1) is 11.7 Å². The van der Waals surface area contributed by atoms with Crippen LogP contribution in [0.25, 0.3) is 0 Å². The van der Waals surface area contributed by atoms with E-state index in [1.54, 1.807) is 4.68 Å². The number of nitrogens with zero attached hydrogens (tertiary/aromatic N) is 3. The molecule has 0 saturated heterocycles. The molecule has 1 aromatic carbocycles. The minimum absolute atomic E-state index is 0.208. The SMILES string of the molecule is CCn1ncnc1CC(O)c1ccc(C(F)(F)F)cc1. The highest BCUT2D eigenvalue weighted by atomic mass is 19.4. The maximum Gasteiger partial charge on any atom is 0.416 e. The fourth-order valence-corrected chi connectivity index (χ4v) is 1.90. The molecule has 0 saturated carbocycles. The quantitative estimate of drug-likeness (QED) is 0.939. The third-order valence-electron chi connectivity index (χ3n) is 2.99. The van der Waals surface area contributed by atoms with Crippen molar-refractivity contribution in [2.24, 2.45) is 0 Å². The van der Waals surface area contributed by atoms with E-state index in [0.29, 0.717) is 17.9 Å². The van der Waals surface area contributed by atoms with E-state index in [-0.39, 0.29) is 6.42 Å². The summed E-state index contributed by atoms with van der Waals surface area (Å²) in [7, 11) is 0. The van der Waals surface area contributed by atoms with Gasteiger partial charge in [-0.05, 0) is 24.6 Å². The van der Waals surface area contributed by atoms with Crippen LogP contribution in [0.4, 0.5) is 13.2 Å². The Morgan fingerprint density at radius 1 is 1.25 bits per heavy atom. The molecule has 7 heteroatoms. The van der Waals surface area contributed by atoms with Crippen LogP contribution in [0, 0.1) is 0 Å². The second-order valence-electron chi connectivity index (χ2n) is 4.33. The fourth-order valence-electron chi connectivity index (χ4n) is 1.90. The molecule has 0 aliphatic heterocycles. The average Bonchev–Trinajstić information content (AvgIpc) is 2.85. The number of aliphatic hydroxyl groups excluding tert-OH is 1. The van der Waals surface area contributed by atoms with Gasteiger partial charge in [0, 0.05) is 13.0 Å². The van der Waals surface area contributed by atoms with Crippen molar-refractivity contribution in [3.05, 3.63) is 47.5 Å². The van der Waals surface area contributed by atoms with E-state index in [4.69, 9.17) is 0 Å². The number of rotatable bonds is 4. The predicted octanol–water partition coefficient (Wildman–Crippen LogP) is 2.59. The second-order valence-corrected chi connectivity index (χ2v) is 4.33. The lowest BCUT2D eigenvalue weighted by atomic mass is 10.0. The summed E-state index contributed by atoms with van der Waals surface area (Å²) in [6, 6.07) is 4.48. The summed E-state index contributed by atoms with van der Waals surface area (Å²) in [4.78, 5) is 4.02. The molecule has 2 aromatic rings. The van der Waals surface area contributed by atoms with E-state index >= 15 is 0 Å². The third kappa shape index (κ3) is 3.16. The van der Waals surface area contributed by atoms with Gasteiger partial charge in [0.1, 0.15) is 12.2 Å². The zero-order valence-corrected chi connectivity index (χ0v) is 10.8. The summed E-state index contributed by atoms with van der Waals surface area (Å²) in [6.07, 6.45) is -3.68. The van der Waals surface area contributed by atoms with Crippen molar-refractivity contribution in [3.63, 3.8) is 0 Å². The van der Waals surface area contributed by atoms with Gasteiger partial charge in [0.15, 0.2) is 0 Å². The standard InChI is InChI=1S/C13H14F3N3O/c1-2-19-12(17-8-18-19)7-11(20)9-3-5-10(6-4-9)13(14,15)16/h3-6,8,11,20H,2,7H2,1H3. The molecule has 0 spiro atoms. The van der Waals surface area contributed by atoms with Crippen LogP contribution in [-0.2, 0) is 19.1 Å². The highest BCUT2D eigenvalue weighted by Gasteiger charge is 2.30. The maximum absolute atomic E-state index is 12.4. The normalized spacial score (nSPS) is 13.4. The van der Waals surface area contributed by atoms with Gasteiger partial charge in [-0.1, -0.05) is 12.1 Å². The van der Waals surface area contributed by atoms with Crippen LogP contribution in [0.5, 0.6) is 0 Å². The Morgan fingerprint density at radius 2 is 1.90 bits per heavy atom. The summed E-state index contributed by atoms with van der Waals surface area (Å²) in [5.41, 5.74) is -0.311. The van der Waals surface area contributed by atoms with Gasteiger partial charge in [-0.2, -0.15) is 18.3 Å². The predicted molar refractivity (Wildman–Crippen MR) is 65.8 cm³/mol. The molecule has 1 atom stereocenters. The monoisotopic (exact) mass is 285 g/mol. The van der Waals surface area contributed by atoms with Crippen molar-refractivity contribution >= 4 is 0 Å². The molecule has 0 aliphatic carbocycles. The van der Waals surface area contributed by atoms with E-state index in [1.165, 1.54) is 18.5 Å². The van der Waals surface area contributed by atoms with E-state index in [9.17, 15) is 18.3 Å². The first kappa shape index (κ1) is 14.5. The maximum atomic E-state index is 12.4. The van der Waals surface area contributed by atoms with E-state index < -0.39 is 17.8 Å². The van der Waals surface area contributed by atoms with Crippen LogP contribution in [0.1, 0.15) is 30.0 Å². The zero-order chi connectivity index (χ0) is 14.8. The minimum Gasteiger partial charge on any atom is -0.388 e. The van der Waals surface area contributed by atoms with Gasteiger partial charge >= 0.3 is 6.18 Å². The number of hydrogen-bond acceptors (Lipinski definition) is 3. The lowest BCUT2D eigenvalue weighted by molar-refractivity contribution is -0.137. The van der Waals surface area contributed by atoms with Crippen molar-refractivity contribution in [2.75, 3.05) is 0 Å². The number of aliphatic hydroxyl groups is 1. The van der Waals surface area contributed by atoms with Gasteiger partial charge in [0.25, 0.3) is 0 Å². The van der Waals surface area contributed by atoms with Crippen molar-refractivity contribution in [1.29, 1.82) is 0 Å². The van der Waals surface area contributed by atoms with Gasteiger partial charge in [-0.3, -0.25) is 4.68 Å². The number of alkyl halides is 3. The summed E-state index contributed by atoms with van der Waals surface area (Å²) in [5.74, 6) is 0.597. The minimum atomic E-state index is -4.37. The first-order valence-corrected chi connectivity index (χ1v) is 6.13. The Hall–Kier alpha value is -1.89. The van der Waals surface area contributed by atoms with Crippen molar-refractivity contribution in [2.45, 2.75) is 32.2 Å². The van der Waals surface area contributed by atoms with Crippen molar-refractivity contribution in [3.8, 4) is 0 Å². The Kier molecular flexibility index (Phi) is 4.08. The summed E-state index contributed by atoms with van der Waals surface area (Å²) in [6.45, 7) is 2.51. The Labute approximate surface area is 113 Å². The molecule has 108 valence electrons. The van der Waals surface area contributed by atoms with Crippen LogP contribution >= 0.6 is 0 Å². The molecular formula is C13H14F3N3O. The van der Waals surface area contributed by atoms with Crippen LogP contribution in [-0.4, -0.2) is 19.9 Å². The van der Waals surface area contributed by atoms with Gasteiger partial charge < -0.3 is 5.11 Å². The molecule has 2 rings (SSSR count). The Balaban J connectivity index is 2.12. The largest absolute Gasteiger partial charge is 0.416 e. The van der Waals surface area contributed by atoms with Crippen molar-refractivity contribution in [1.82, 2.24) is 14.8 Å². The molecule has 1 unspecified atom stereocenters. The topological polar surface area (TPSA) is 50.9 Å². The van der Waals surface area contributed by atoms with Crippen LogP contribution in [0.15, 0.2) is 30.6 Å². The number of halogens is 3. The fraction of sp³-hybridized carbons (Fsp3) is 0.385. The summed E-state index contributed by atoms with van der Waals surface area (Å²) in [5, 5.41) is 14.0. The lowest BCUT2D eigenvalue weighted by Gasteiger charge is -2.12. The smallest absolute Gasteiger partial charge is 0.388 e. The molecule has 1 heterocycles. The molecule has 4 nitrogen and oxygen atoms in total. The van der Waals surface area contributed by atoms with Gasteiger partial charge in [-0.15, -0.1) is 0 Å². The van der Waals surface area contributed by atoms with Gasteiger partial charge in [0.2, 0.25) is 0 Å². The molecule has 0 radical (unpaired) electrons. The Bertz CT molecular complexity index is 563. The van der Waals surface area contributed by atoms with Crippen LogP contribution in [0.3, 0.4) is 0 Å². The van der Waals surface area contributed by atoms with E-state index in [0.717, 1.165) is 12.1 Å². The van der Waals surface area contributed by atoms with Crippen LogP contribution in [0.2, 0.25) is 0 Å². The molecule has 0 bridgehead atoms. The average molecular weight is 285 g/mol. The summed E-state index contributed by atoms with van der Waals surface area (Å²) < 4.78 is 39.0. The number of benzene rings is 1. The molecule has 20 heavy (non-hydrogen) atoms. The number of aromatic nitrogens is 3. The molecule has 1 N–H and O–H groups in total. The van der Waals surface area contributed by atoms with Crippen LogP contribution < -0.4 is 0 Å². The molecule has 0 fully saturated rings. The molecular weight excluding hydrogens is 271 g/mol. The number of aryl methyl sites for hydroxylation is 1. The highest BCUT2D eigenvalue weighted by molar-refractivity contribution is 5.26. The third-order valence-corrected chi connectivity index (χ3v) is 2.99.